The number of benzene rings is 2. The highest BCUT2D eigenvalue weighted by Crippen LogP contribution is 2.55. The van der Waals surface area contributed by atoms with E-state index in [1.54, 1.807) is 6.92 Å². The fourth-order valence-electron chi connectivity index (χ4n) is 6.78. The molecule has 33 heavy (non-hydrogen) atoms. The van der Waals surface area contributed by atoms with Crippen LogP contribution in [-0.4, -0.2) is 16.4 Å². The summed E-state index contributed by atoms with van der Waals surface area (Å²) in [6, 6.07) is 17.7. The van der Waals surface area contributed by atoms with Crippen LogP contribution in [0.4, 0.5) is 0 Å². The number of rotatable bonds is 3. The van der Waals surface area contributed by atoms with Crippen molar-refractivity contribution in [2.24, 2.45) is 17.8 Å². The van der Waals surface area contributed by atoms with E-state index < -0.39 is 0 Å². The molecule has 0 radical (unpaired) electrons. The normalized spacial score (nSPS) is 27.1. The second kappa shape index (κ2) is 7.92. The molecule has 0 saturated heterocycles. The molecule has 0 unspecified atom stereocenters. The molecule has 4 aliphatic carbocycles. The zero-order chi connectivity index (χ0) is 22.4. The molecule has 3 aromatic rings. The van der Waals surface area contributed by atoms with Crippen molar-refractivity contribution in [2.75, 3.05) is 0 Å². The first-order chi connectivity index (χ1) is 16.1. The number of aromatic nitrogens is 1. The summed E-state index contributed by atoms with van der Waals surface area (Å²) in [5, 5.41) is 3.44. The Balaban J connectivity index is 1.32. The van der Waals surface area contributed by atoms with Gasteiger partial charge in [0, 0.05) is 29.2 Å². The minimum atomic E-state index is -0.116. The molecular weight excluding hydrogens is 408 g/mol. The zero-order valence-electron chi connectivity index (χ0n) is 18.9. The highest BCUT2D eigenvalue weighted by molar-refractivity contribution is 5.98. The Labute approximate surface area is 194 Å². The smallest absolute Gasteiger partial charge is 0.274 e. The Morgan fingerprint density at radius 1 is 0.939 bits per heavy atom. The van der Waals surface area contributed by atoms with Crippen LogP contribution in [0.15, 0.2) is 59.0 Å². The number of carbonyl (C=O) groups excluding carboxylic acids is 1. The van der Waals surface area contributed by atoms with Crippen LogP contribution in [0.25, 0.3) is 11.3 Å². The van der Waals surface area contributed by atoms with Crippen molar-refractivity contribution >= 4 is 5.91 Å². The Hall–Kier alpha value is -3.32. The molecule has 0 spiro atoms. The van der Waals surface area contributed by atoms with Crippen LogP contribution in [0.1, 0.15) is 66.0 Å². The van der Waals surface area contributed by atoms with E-state index in [-0.39, 0.29) is 11.4 Å². The Morgan fingerprint density at radius 3 is 2.27 bits per heavy atom. The third-order valence-corrected chi connectivity index (χ3v) is 7.65. The maximum Gasteiger partial charge on any atom is 0.274 e. The predicted molar refractivity (Wildman–Crippen MR) is 127 cm³/mol. The second-order valence-electron chi connectivity index (χ2n) is 10.2. The largest absolute Gasteiger partial charge is 0.440 e. The van der Waals surface area contributed by atoms with E-state index in [1.807, 2.05) is 54.6 Å². The van der Waals surface area contributed by atoms with Gasteiger partial charge in [-0.05, 0) is 80.5 Å². The van der Waals surface area contributed by atoms with Crippen molar-refractivity contribution in [3.8, 4) is 23.2 Å². The minimum absolute atomic E-state index is 0.0669. The standard InChI is InChI=1S/C29H28N2O2/c1-19-30-26(28(32)31-29-16-21-13-22(17-29)15-23(14-21)18-29)27(33-19)25-10-6-5-9-24(25)12-11-20-7-3-2-4-8-20/h2-10,21-23H,13-18H2,1H3,(H,31,32). The fourth-order valence-corrected chi connectivity index (χ4v) is 6.78. The maximum absolute atomic E-state index is 13.6. The topological polar surface area (TPSA) is 55.1 Å². The second-order valence-corrected chi connectivity index (χ2v) is 10.2. The number of aryl methyl sites for hydroxylation is 1. The molecule has 1 amide bonds. The lowest BCUT2D eigenvalue weighted by Crippen LogP contribution is -2.59. The first kappa shape index (κ1) is 20.3. The quantitative estimate of drug-likeness (QED) is 0.532. The van der Waals surface area contributed by atoms with Gasteiger partial charge in [0.2, 0.25) is 0 Å². The third kappa shape index (κ3) is 3.86. The van der Waals surface area contributed by atoms with Crippen molar-refractivity contribution in [1.29, 1.82) is 0 Å². The third-order valence-electron chi connectivity index (χ3n) is 7.65. The van der Waals surface area contributed by atoms with E-state index in [0.717, 1.165) is 53.7 Å². The summed E-state index contributed by atoms with van der Waals surface area (Å²) in [6.45, 7) is 1.79. The molecule has 1 N–H and O–H groups in total. The summed E-state index contributed by atoms with van der Waals surface area (Å²) >= 11 is 0. The molecule has 4 fully saturated rings. The van der Waals surface area contributed by atoms with Gasteiger partial charge in [-0.15, -0.1) is 0 Å². The first-order valence-corrected chi connectivity index (χ1v) is 12.0. The van der Waals surface area contributed by atoms with Gasteiger partial charge in [0.05, 0.1) is 0 Å². The van der Waals surface area contributed by atoms with E-state index in [1.165, 1.54) is 19.3 Å². The molecule has 2 aromatic carbocycles. The molecule has 4 saturated carbocycles. The summed E-state index contributed by atoms with van der Waals surface area (Å²) in [4.78, 5) is 18.1. The number of carbonyl (C=O) groups is 1. The van der Waals surface area contributed by atoms with Gasteiger partial charge in [-0.3, -0.25) is 4.79 Å². The molecule has 7 rings (SSSR count). The van der Waals surface area contributed by atoms with E-state index >= 15 is 0 Å². The van der Waals surface area contributed by atoms with Crippen LogP contribution >= 0.6 is 0 Å². The summed E-state index contributed by atoms with van der Waals surface area (Å²) in [7, 11) is 0. The average molecular weight is 437 g/mol. The monoisotopic (exact) mass is 436 g/mol. The van der Waals surface area contributed by atoms with E-state index in [2.05, 4.69) is 22.1 Å². The van der Waals surface area contributed by atoms with Crippen molar-refractivity contribution in [3.63, 3.8) is 0 Å². The number of nitrogens with one attached hydrogen (secondary N) is 1. The van der Waals surface area contributed by atoms with Gasteiger partial charge in [-0.25, -0.2) is 4.98 Å². The van der Waals surface area contributed by atoms with Gasteiger partial charge in [-0.2, -0.15) is 0 Å². The summed E-state index contributed by atoms with van der Waals surface area (Å²) < 4.78 is 6.00. The minimum Gasteiger partial charge on any atom is -0.440 e. The van der Waals surface area contributed by atoms with Gasteiger partial charge < -0.3 is 9.73 Å². The number of hydrogen-bond donors (Lipinski definition) is 1. The SMILES string of the molecule is Cc1nc(C(=O)NC23CC4CC(CC(C4)C2)C3)c(-c2ccccc2C#Cc2ccccc2)o1. The van der Waals surface area contributed by atoms with Crippen LogP contribution in [0, 0.1) is 36.5 Å². The van der Waals surface area contributed by atoms with Crippen molar-refractivity contribution < 1.29 is 9.21 Å². The predicted octanol–water partition coefficient (Wildman–Crippen LogP) is 5.75. The number of hydrogen-bond acceptors (Lipinski definition) is 3. The molecule has 1 heterocycles. The summed E-state index contributed by atoms with van der Waals surface area (Å²) in [5.41, 5.74) is 2.87. The van der Waals surface area contributed by atoms with Crippen molar-refractivity contribution in [2.45, 2.75) is 51.0 Å². The van der Waals surface area contributed by atoms with Gasteiger partial charge in [0.1, 0.15) is 0 Å². The number of amides is 1. The van der Waals surface area contributed by atoms with Gasteiger partial charge in [-0.1, -0.05) is 42.2 Å². The Kier molecular flexibility index (Phi) is 4.87. The molecule has 4 bridgehead atoms. The maximum atomic E-state index is 13.6. The molecular formula is C29H28N2O2. The molecule has 166 valence electrons. The Morgan fingerprint density at radius 2 is 1.58 bits per heavy atom. The zero-order valence-corrected chi connectivity index (χ0v) is 18.9. The van der Waals surface area contributed by atoms with Crippen LogP contribution in [-0.2, 0) is 0 Å². The number of oxazole rings is 1. The lowest BCUT2D eigenvalue weighted by Gasteiger charge is -2.56. The van der Waals surface area contributed by atoms with Crippen molar-refractivity contribution in [1.82, 2.24) is 10.3 Å². The first-order valence-electron chi connectivity index (χ1n) is 12.0. The van der Waals surface area contributed by atoms with Crippen LogP contribution in [0.3, 0.4) is 0 Å². The molecule has 4 nitrogen and oxygen atoms in total. The lowest BCUT2D eigenvalue weighted by molar-refractivity contribution is -0.0167. The lowest BCUT2D eigenvalue weighted by atomic mass is 9.53. The van der Waals surface area contributed by atoms with E-state index in [4.69, 9.17) is 4.42 Å². The molecule has 1 aromatic heterocycles. The van der Waals surface area contributed by atoms with Crippen LogP contribution in [0.2, 0.25) is 0 Å². The molecule has 0 atom stereocenters. The van der Waals surface area contributed by atoms with E-state index in [0.29, 0.717) is 17.3 Å². The number of nitrogens with zero attached hydrogens (tertiary/aromatic N) is 1. The van der Waals surface area contributed by atoms with Gasteiger partial charge in [0.15, 0.2) is 17.3 Å². The van der Waals surface area contributed by atoms with E-state index in [9.17, 15) is 4.79 Å². The highest BCUT2D eigenvalue weighted by Gasteiger charge is 2.51. The van der Waals surface area contributed by atoms with Crippen molar-refractivity contribution in [3.05, 3.63) is 77.3 Å². The molecule has 4 aliphatic rings. The van der Waals surface area contributed by atoms with Crippen LogP contribution in [0.5, 0.6) is 0 Å². The molecule has 0 aliphatic heterocycles. The van der Waals surface area contributed by atoms with Crippen LogP contribution < -0.4 is 5.32 Å². The summed E-state index contributed by atoms with van der Waals surface area (Å²) in [5.74, 6) is 9.66. The average Bonchev–Trinajstić information content (AvgIpc) is 3.19. The molecule has 4 heteroatoms. The Bertz CT molecular complexity index is 1230. The van der Waals surface area contributed by atoms with Gasteiger partial charge >= 0.3 is 0 Å². The van der Waals surface area contributed by atoms with Gasteiger partial charge in [0.25, 0.3) is 5.91 Å². The summed E-state index contributed by atoms with van der Waals surface area (Å²) in [6.07, 6.45) is 7.35. The highest BCUT2D eigenvalue weighted by atomic mass is 16.4. The fraction of sp³-hybridized carbons (Fsp3) is 0.379.